The smallest absolute Gasteiger partial charge is 0.345 e. The third-order valence-electron chi connectivity index (χ3n) is 6.12. The molecule has 1 N–H and O–H groups in total. The van der Waals surface area contributed by atoms with Crippen LogP contribution in [0.5, 0.6) is 11.5 Å². The number of benzene rings is 2. The Morgan fingerprint density at radius 3 is 2.43 bits per heavy atom. The number of aromatic nitrogens is 4. The monoisotopic (exact) mass is 504 g/mol. The number of para-hydroxylation sites is 1. The summed E-state index contributed by atoms with van der Waals surface area (Å²) < 4.78 is 14.8. The average molecular weight is 505 g/mol. The molecule has 0 spiro atoms. The first kappa shape index (κ1) is 25.9. The Labute approximate surface area is 215 Å². The first-order valence-electron chi connectivity index (χ1n) is 12.5. The van der Waals surface area contributed by atoms with Crippen molar-refractivity contribution in [2.24, 2.45) is 7.05 Å². The Kier molecular flexibility index (Phi) is 8.22. The highest BCUT2D eigenvalue weighted by Crippen LogP contribution is 2.18. The molecule has 0 aliphatic carbocycles. The van der Waals surface area contributed by atoms with Crippen molar-refractivity contribution in [2.75, 3.05) is 6.61 Å². The molecule has 0 saturated heterocycles. The number of hydrogen-bond donors (Lipinski definition) is 1. The Bertz CT molecular complexity index is 1410. The number of carboxylic acid groups (broad SMARTS) is 1. The van der Waals surface area contributed by atoms with Gasteiger partial charge in [-0.2, -0.15) is 5.10 Å². The van der Waals surface area contributed by atoms with E-state index >= 15 is 0 Å². The molecule has 0 saturated carbocycles. The van der Waals surface area contributed by atoms with Crippen LogP contribution < -0.4 is 15.0 Å². The summed E-state index contributed by atoms with van der Waals surface area (Å²) >= 11 is 0. The maximum atomic E-state index is 13.3. The van der Waals surface area contributed by atoms with Gasteiger partial charge in [-0.3, -0.25) is 14.0 Å². The van der Waals surface area contributed by atoms with Crippen LogP contribution in [-0.4, -0.2) is 43.1 Å². The van der Waals surface area contributed by atoms with Crippen LogP contribution >= 0.6 is 0 Å². The van der Waals surface area contributed by atoms with Gasteiger partial charge in [0.2, 0.25) is 0 Å². The zero-order valence-electron chi connectivity index (χ0n) is 21.4. The predicted molar refractivity (Wildman–Crippen MR) is 140 cm³/mol. The molecule has 4 rings (SSSR count). The summed E-state index contributed by atoms with van der Waals surface area (Å²) in [6.07, 6.45) is 1.55. The minimum atomic E-state index is -1.03. The summed E-state index contributed by atoms with van der Waals surface area (Å²) in [4.78, 5) is 29.7. The molecule has 2 heterocycles. The lowest BCUT2D eigenvalue weighted by Gasteiger charge is -2.16. The zero-order valence-corrected chi connectivity index (χ0v) is 21.4. The van der Waals surface area contributed by atoms with Crippen molar-refractivity contribution < 1.29 is 19.4 Å². The fourth-order valence-electron chi connectivity index (χ4n) is 4.30. The van der Waals surface area contributed by atoms with E-state index in [9.17, 15) is 14.7 Å². The number of carbonyl (C=O) groups is 1. The highest BCUT2D eigenvalue weighted by molar-refractivity contribution is 5.76. The second-order valence-electron chi connectivity index (χ2n) is 8.81. The third kappa shape index (κ3) is 5.99. The lowest BCUT2D eigenvalue weighted by molar-refractivity contribution is -0.145. The number of carboxylic acids is 1. The second-order valence-corrected chi connectivity index (χ2v) is 8.81. The fraction of sp³-hybridized carbons (Fsp3) is 0.357. The Balaban J connectivity index is 1.41. The number of nitrogens with zero attached hydrogens (tertiary/aromatic N) is 4. The van der Waals surface area contributed by atoms with Crippen molar-refractivity contribution in [1.29, 1.82) is 0 Å². The maximum absolute atomic E-state index is 13.3. The minimum absolute atomic E-state index is 0.115. The average Bonchev–Trinajstić information content (AvgIpc) is 3.21. The number of aliphatic carboxylic acids is 1. The van der Waals surface area contributed by atoms with E-state index in [0.29, 0.717) is 41.3 Å². The lowest BCUT2D eigenvalue weighted by atomic mass is 10.1. The molecular weight excluding hydrogens is 472 g/mol. The molecular formula is C28H32N4O5. The predicted octanol–water partition coefficient (Wildman–Crippen LogP) is 3.80. The Morgan fingerprint density at radius 1 is 1.05 bits per heavy atom. The molecule has 9 nitrogen and oxygen atoms in total. The van der Waals surface area contributed by atoms with Crippen LogP contribution in [0.3, 0.4) is 0 Å². The van der Waals surface area contributed by atoms with Crippen molar-refractivity contribution in [3.63, 3.8) is 0 Å². The molecule has 0 amide bonds. The number of hydrogen-bond acceptors (Lipinski definition) is 6. The maximum Gasteiger partial charge on any atom is 0.345 e. The first-order chi connectivity index (χ1) is 17.9. The van der Waals surface area contributed by atoms with E-state index in [4.69, 9.17) is 14.5 Å². The van der Waals surface area contributed by atoms with E-state index in [1.165, 1.54) is 0 Å². The largest absolute Gasteiger partial charge is 0.492 e. The van der Waals surface area contributed by atoms with Crippen LogP contribution in [0.1, 0.15) is 37.4 Å². The zero-order chi connectivity index (χ0) is 26.4. The van der Waals surface area contributed by atoms with E-state index in [-0.39, 0.29) is 18.6 Å². The van der Waals surface area contributed by atoms with Crippen LogP contribution in [0.2, 0.25) is 0 Å². The third-order valence-corrected chi connectivity index (χ3v) is 6.12. The molecule has 194 valence electrons. The van der Waals surface area contributed by atoms with Crippen LogP contribution in [-0.2, 0) is 37.6 Å². The van der Waals surface area contributed by atoms with Gasteiger partial charge in [0.25, 0.3) is 5.56 Å². The highest BCUT2D eigenvalue weighted by Gasteiger charge is 2.20. The molecule has 4 aromatic rings. The molecule has 2 aromatic heterocycles. The van der Waals surface area contributed by atoms with E-state index in [1.807, 2.05) is 25.1 Å². The summed E-state index contributed by atoms with van der Waals surface area (Å²) in [7, 11) is 1.78. The van der Waals surface area contributed by atoms with Gasteiger partial charge in [0.05, 0.1) is 12.2 Å². The molecule has 0 aliphatic rings. The van der Waals surface area contributed by atoms with Gasteiger partial charge in [-0.1, -0.05) is 50.6 Å². The van der Waals surface area contributed by atoms with E-state index < -0.39 is 12.1 Å². The summed E-state index contributed by atoms with van der Waals surface area (Å²) in [5.41, 5.74) is 2.75. The van der Waals surface area contributed by atoms with Gasteiger partial charge < -0.3 is 14.6 Å². The normalized spacial score (nSPS) is 12.0. The summed E-state index contributed by atoms with van der Waals surface area (Å²) in [6, 6.07) is 16.1. The number of ether oxygens (including phenoxy) is 2. The van der Waals surface area contributed by atoms with Crippen molar-refractivity contribution in [1.82, 2.24) is 19.3 Å². The molecule has 0 aliphatic heterocycles. The van der Waals surface area contributed by atoms with Crippen LogP contribution in [0.25, 0.3) is 11.0 Å². The molecule has 0 radical (unpaired) electrons. The molecule has 37 heavy (non-hydrogen) atoms. The molecule has 2 aromatic carbocycles. The van der Waals surface area contributed by atoms with Crippen LogP contribution in [0.15, 0.2) is 59.4 Å². The minimum Gasteiger partial charge on any atom is -0.492 e. The summed E-state index contributed by atoms with van der Waals surface area (Å²) in [5, 5.41) is 14.1. The quantitative estimate of drug-likeness (QED) is 0.313. The number of aryl methyl sites for hydroxylation is 3. The van der Waals surface area contributed by atoms with Crippen molar-refractivity contribution in [3.05, 3.63) is 82.0 Å². The Hall–Kier alpha value is -4.14. The molecule has 9 heteroatoms. The number of rotatable bonds is 12. The van der Waals surface area contributed by atoms with Gasteiger partial charge in [-0.25, -0.2) is 9.78 Å². The molecule has 1 atom stereocenters. The molecule has 1 unspecified atom stereocenters. The fourth-order valence-corrected chi connectivity index (χ4v) is 4.30. The van der Waals surface area contributed by atoms with E-state index in [0.717, 1.165) is 24.1 Å². The SMILES string of the molecule is CCCc1nn(C)c2c(=O)n(CCOc3ccc(CC(Oc4ccccc4)C(=O)O)cc3)c(CC)nc12. The first-order valence-corrected chi connectivity index (χ1v) is 12.5. The van der Waals surface area contributed by atoms with Crippen LogP contribution in [0, 0.1) is 0 Å². The standard InChI is InChI=1S/C28H32N4O5/c1-4-9-22-25-26(31(3)30-22)27(33)32(24(5-2)29-25)16-17-36-20-14-12-19(13-15-20)18-23(28(34)35)37-21-10-7-6-8-11-21/h6-8,10-15,23H,4-5,9,16-18H2,1-3H3,(H,34,35). The van der Waals surface area contributed by atoms with Gasteiger partial charge in [0.15, 0.2) is 11.6 Å². The van der Waals surface area contributed by atoms with Crippen molar-refractivity contribution >= 4 is 17.0 Å². The molecule has 0 bridgehead atoms. The summed E-state index contributed by atoms with van der Waals surface area (Å²) in [5.74, 6) is 0.824. The van der Waals surface area contributed by atoms with Gasteiger partial charge in [-0.05, 0) is 36.2 Å². The summed E-state index contributed by atoms with van der Waals surface area (Å²) in [6.45, 7) is 4.70. The molecule has 0 fully saturated rings. The van der Waals surface area contributed by atoms with Gasteiger partial charge >= 0.3 is 5.97 Å². The van der Waals surface area contributed by atoms with Gasteiger partial charge in [0.1, 0.15) is 29.4 Å². The van der Waals surface area contributed by atoms with E-state index in [1.54, 1.807) is 52.7 Å². The van der Waals surface area contributed by atoms with Crippen molar-refractivity contribution in [3.8, 4) is 11.5 Å². The number of fused-ring (bicyclic) bond motifs is 1. The van der Waals surface area contributed by atoms with Crippen molar-refractivity contribution in [2.45, 2.75) is 52.2 Å². The highest BCUT2D eigenvalue weighted by atomic mass is 16.5. The van der Waals surface area contributed by atoms with E-state index in [2.05, 4.69) is 12.0 Å². The Morgan fingerprint density at radius 2 is 1.78 bits per heavy atom. The topological polar surface area (TPSA) is 108 Å². The van der Waals surface area contributed by atoms with Gasteiger partial charge in [-0.15, -0.1) is 0 Å². The lowest BCUT2D eigenvalue weighted by Crippen LogP contribution is -2.29. The van der Waals surface area contributed by atoms with Crippen LogP contribution in [0.4, 0.5) is 0 Å². The second kappa shape index (κ2) is 11.7. The van der Waals surface area contributed by atoms with Gasteiger partial charge in [0, 0.05) is 19.9 Å².